The van der Waals surface area contributed by atoms with Crippen molar-refractivity contribution in [2.75, 3.05) is 6.61 Å². The van der Waals surface area contributed by atoms with E-state index in [-0.39, 0.29) is 5.91 Å². The summed E-state index contributed by atoms with van der Waals surface area (Å²) in [6.45, 7) is 4.02. The van der Waals surface area contributed by atoms with E-state index in [1.807, 2.05) is 48.5 Å². The van der Waals surface area contributed by atoms with Gasteiger partial charge >= 0.3 is 0 Å². The molecule has 0 atom stereocenters. The van der Waals surface area contributed by atoms with E-state index in [9.17, 15) is 4.79 Å². The molecule has 1 amide bonds. The minimum atomic E-state index is 0.0454. The van der Waals surface area contributed by atoms with Crippen LogP contribution >= 0.6 is 0 Å². The van der Waals surface area contributed by atoms with Crippen molar-refractivity contribution in [2.24, 2.45) is 0 Å². The smallest absolute Gasteiger partial charge is 0.220 e. The number of carbonyl (C=O) groups is 1. The third-order valence-corrected chi connectivity index (χ3v) is 5.70. The van der Waals surface area contributed by atoms with Gasteiger partial charge in [-0.05, 0) is 61.6 Å². The number of fused-ring (bicyclic) bond motifs is 1. The second-order valence-corrected chi connectivity index (χ2v) is 8.30. The summed E-state index contributed by atoms with van der Waals surface area (Å²) >= 11 is 0. The zero-order valence-corrected chi connectivity index (χ0v) is 19.2. The first-order chi connectivity index (χ1) is 16.2. The van der Waals surface area contributed by atoms with Gasteiger partial charge in [-0.25, -0.2) is 4.98 Å². The molecule has 3 aromatic carbocycles. The van der Waals surface area contributed by atoms with Gasteiger partial charge < -0.3 is 14.6 Å². The minimum Gasteiger partial charge on any atom is -0.494 e. The molecule has 5 heteroatoms. The van der Waals surface area contributed by atoms with Gasteiger partial charge in [0.1, 0.15) is 11.6 Å². The summed E-state index contributed by atoms with van der Waals surface area (Å²) in [5.41, 5.74) is 4.44. The number of para-hydroxylation sites is 2. The number of amides is 1. The van der Waals surface area contributed by atoms with Crippen molar-refractivity contribution in [3.05, 3.63) is 95.8 Å². The maximum Gasteiger partial charge on any atom is 0.220 e. The Balaban J connectivity index is 1.30. The van der Waals surface area contributed by atoms with Gasteiger partial charge in [0.05, 0.1) is 24.2 Å². The SMILES string of the molecule is Cc1cccc(OCCCCn2c(CNC(=O)CCc3ccccc3)nc3ccccc32)c1. The lowest BCUT2D eigenvalue weighted by atomic mass is 10.1. The van der Waals surface area contributed by atoms with Gasteiger partial charge in [0.15, 0.2) is 0 Å². The molecular weight excluding hydrogens is 410 g/mol. The van der Waals surface area contributed by atoms with E-state index in [1.165, 1.54) is 11.1 Å². The maximum absolute atomic E-state index is 12.4. The van der Waals surface area contributed by atoms with Crippen molar-refractivity contribution >= 4 is 16.9 Å². The first-order valence-electron chi connectivity index (χ1n) is 11.6. The van der Waals surface area contributed by atoms with Crippen molar-refractivity contribution in [3.63, 3.8) is 0 Å². The van der Waals surface area contributed by atoms with Crippen LogP contribution in [0.15, 0.2) is 78.9 Å². The molecule has 1 aromatic heterocycles. The fourth-order valence-electron chi connectivity index (χ4n) is 3.95. The van der Waals surface area contributed by atoms with E-state index in [0.717, 1.165) is 48.4 Å². The van der Waals surface area contributed by atoms with Crippen LogP contribution in [-0.4, -0.2) is 22.1 Å². The third kappa shape index (κ3) is 6.45. The zero-order valence-electron chi connectivity index (χ0n) is 19.2. The molecule has 4 aromatic rings. The van der Waals surface area contributed by atoms with E-state index in [2.05, 4.69) is 47.1 Å². The molecule has 0 unspecified atom stereocenters. The van der Waals surface area contributed by atoms with Gasteiger partial charge in [-0.3, -0.25) is 4.79 Å². The van der Waals surface area contributed by atoms with E-state index in [0.29, 0.717) is 19.6 Å². The van der Waals surface area contributed by atoms with E-state index in [1.54, 1.807) is 0 Å². The molecule has 33 heavy (non-hydrogen) atoms. The van der Waals surface area contributed by atoms with Gasteiger partial charge in [0.25, 0.3) is 0 Å². The van der Waals surface area contributed by atoms with Gasteiger partial charge in [-0.2, -0.15) is 0 Å². The summed E-state index contributed by atoms with van der Waals surface area (Å²) in [6.07, 6.45) is 3.13. The molecule has 4 rings (SSSR count). The summed E-state index contributed by atoms with van der Waals surface area (Å²) in [6, 6.07) is 26.4. The molecule has 0 aliphatic rings. The highest BCUT2D eigenvalue weighted by Crippen LogP contribution is 2.18. The zero-order chi connectivity index (χ0) is 22.9. The second-order valence-electron chi connectivity index (χ2n) is 8.30. The quantitative estimate of drug-likeness (QED) is 0.315. The van der Waals surface area contributed by atoms with Crippen LogP contribution in [0.5, 0.6) is 5.75 Å². The van der Waals surface area contributed by atoms with E-state index < -0.39 is 0 Å². The number of ether oxygens (including phenoxy) is 1. The van der Waals surface area contributed by atoms with Crippen molar-refractivity contribution < 1.29 is 9.53 Å². The summed E-state index contributed by atoms with van der Waals surface area (Å²) in [7, 11) is 0. The van der Waals surface area contributed by atoms with Crippen LogP contribution in [0.25, 0.3) is 11.0 Å². The highest BCUT2D eigenvalue weighted by Gasteiger charge is 2.11. The van der Waals surface area contributed by atoms with Crippen molar-refractivity contribution in [3.8, 4) is 5.75 Å². The fourth-order valence-corrected chi connectivity index (χ4v) is 3.95. The standard InChI is InChI=1S/C28H31N3O2/c1-22-10-9-13-24(20-22)33-19-8-7-18-31-26-15-6-5-14-25(26)30-27(31)21-29-28(32)17-16-23-11-3-2-4-12-23/h2-6,9-15,20H,7-8,16-19,21H2,1H3,(H,29,32). The molecule has 0 radical (unpaired) electrons. The molecule has 0 bridgehead atoms. The summed E-state index contributed by atoms with van der Waals surface area (Å²) in [5.74, 6) is 1.86. The number of carbonyl (C=O) groups excluding carboxylic acids is 1. The summed E-state index contributed by atoms with van der Waals surface area (Å²) < 4.78 is 8.11. The largest absolute Gasteiger partial charge is 0.494 e. The average molecular weight is 442 g/mol. The molecule has 1 N–H and O–H groups in total. The molecule has 1 heterocycles. The van der Waals surface area contributed by atoms with E-state index in [4.69, 9.17) is 9.72 Å². The number of aryl methyl sites for hydroxylation is 3. The Morgan fingerprint density at radius 2 is 1.79 bits per heavy atom. The molecule has 5 nitrogen and oxygen atoms in total. The molecule has 0 aliphatic carbocycles. The second kappa shape index (κ2) is 11.3. The monoisotopic (exact) mass is 441 g/mol. The topological polar surface area (TPSA) is 56.1 Å². The number of rotatable bonds is 11. The lowest BCUT2D eigenvalue weighted by Gasteiger charge is -2.11. The Bertz CT molecular complexity index is 1180. The van der Waals surface area contributed by atoms with E-state index >= 15 is 0 Å². The van der Waals surface area contributed by atoms with Crippen LogP contribution < -0.4 is 10.1 Å². The number of nitrogens with zero attached hydrogens (tertiary/aromatic N) is 2. The molecular formula is C28H31N3O2. The van der Waals surface area contributed by atoms with Crippen molar-refractivity contribution in [1.29, 1.82) is 0 Å². The average Bonchev–Trinajstić information content (AvgIpc) is 3.19. The molecule has 0 saturated heterocycles. The highest BCUT2D eigenvalue weighted by molar-refractivity contribution is 5.77. The Morgan fingerprint density at radius 1 is 0.970 bits per heavy atom. The molecule has 170 valence electrons. The van der Waals surface area contributed by atoms with Crippen LogP contribution in [0, 0.1) is 6.92 Å². The number of hydrogen-bond donors (Lipinski definition) is 1. The van der Waals surface area contributed by atoms with Crippen LogP contribution in [0.4, 0.5) is 0 Å². The maximum atomic E-state index is 12.4. The van der Waals surface area contributed by atoms with Crippen LogP contribution in [0.2, 0.25) is 0 Å². The number of unbranched alkanes of at least 4 members (excludes halogenated alkanes) is 1. The number of benzene rings is 3. The normalized spacial score (nSPS) is 10.9. The Kier molecular flexibility index (Phi) is 7.75. The Labute approximate surface area is 195 Å². The molecule has 0 spiro atoms. The summed E-state index contributed by atoms with van der Waals surface area (Å²) in [4.78, 5) is 17.2. The molecule has 0 saturated carbocycles. The highest BCUT2D eigenvalue weighted by atomic mass is 16.5. The van der Waals surface area contributed by atoms with Gasteiger partial charge in [-0.1, -0.05) is 54.6 Å². The predicted octanol–water partition coefficient (Wildman–Crippen LogP) is 5.45. The minimum absolute atomic E-state index is 0.0454. The number of imidazole rings is 1. The van der Waals surface area contributed by atoms with Crippen molar-refractivity contribution in [1.82, 2.24) is 14.9 Å². The van der Waals surface area contributed by atoms with Crippen LogP contribution in [0.1, 0.15) is 36.2 Å². The predicted molar refractivity (Wildman–Crippen MR) is 132 cm³/mol. The number of aromatic nitrogens is 2. The number of nitrogens with one attached hydrogen (secondary N) is 1. The molecule has 0 aliphatic heterocycles. The lowest BCUT2D eigenvalue weighted by molar-refractivity contribution is -0.121. The van der Waals surface area contributed by atoms with Crippen molar-refractivity contribution in [2.45, 2.75) is 45.7 Å². The first kappa shape index (κ1) is 22.6. The van der Waals surface area contributed by atoms with Crippen LogP contribution in [0.3, 0.4) is 0 Å². The molecule has 0 fully saturated rings. The fraction of sp³-hybridized carbons (Fsp3) is 0.286. The third-order valence-electron chi connectivity index (χ3n) is 5.70. The lowest BCUT2D eigenvalue weighted by Crippen LogP contribution is -2.25. The Morgan fingerprint density at radius 3 is 2.64 bits per heavy atom. The number of hydrogen-bond acceptors (Lipinski definition) is 3. The van der Waals surface area contributed by atoms with Gasteiger partial charge in [-0.15, -0.1) is 0 Å². The first-order valence-corrected chi connectivity index (χ1v) is 11.6. The Hall–Kier alpha value is -3.60. The van der Waals surface area contributed by atoms with Crippen LogP contribution in [-0.2, 0) is 24.3 Å². The van der Waals surface area contributed by atoms with Gasteiger partial charge in [0, 0.05) is 13.0 Å². The van der Waals surface area contributed by atoms with Gasteiger partial charge in [0.2, 0.25) is 5.91 Å². The summed E-state index contributed by atoms with van der Waals surface area (Å²) in [5, 5.41) is 3.05.